The second kappa shape index (κ2) is 7.81. The molecule has 2 N–H and O–H groups in total. The van der Waals surface area contributed by atoms with E-state index >= 15 is 0 Å². The number of carbonyl (C=O) groups excluding carboxylic acids is 2. The summed E-state index contributed by atoms with van der Waals surface area (Å²) < 4.78 is 57.3. The van der Waals surface area contributed by atoms with Crippen molar-refractivity contribution in [3.8, 4) is 0 Å². The first-order valence-corrected chi connectivity index (χ1v) is 11.9. The van der Waals surface area contributed by atoms with Crippen LogP contribution < -0.4 is 14.3 Å². The Balaban J connectivity index is 1.79. The van der Waals surface area contributed by atoms with E-state index in [2.05, 4.69) is 15.2 Å². The maximum atomic E-state index is 12.7. The van der Waals surface area contributed by atoms with E-state index < -0.39 is 37.9 Å². The summed E-state index contributed by atoms with van der Waals surface area (Å²) in [4.78, 5) is 24.0. The smallest absolute Gasteiger partial charge is 0.243 e. The molecule has 1 aliphatic heterocycles. The number of aromatic nitrogens is 1. The molecular formula is C17H20N4O7S2. The molecule has 0 bridgehead atoms. The number of hydrogen-bond donors (Lipinski definition) is 2. The van der Waals surface area contributed by atoms with Crippen LogP contribution in [-0.2, 0) is 29.6 Å². The van der Waals surface area contributed by atoms with Gasteiger partial charge in [0, 0.05) is 12.5 Å². The van der Waals surface area contributed by atoms with Gasteiger partial charge in [-0.2, -0.15) is 4.72 Å². The quantitative estimate of drug-likeness (QED) is 0.642. The number of nitrogens with one attached hydrogen (secondary N) is 2. The summed E-state index contributed by atoms with van der Waals surface area (Å²) in [5, 5.41) is 6.04. The zero-order valence-electron chi connectivity index (χ0n) is 16.4. The first kappa shape index (κ1) is 21.9. The van der Waals surface area contributed by atoms with Crippen molar-refractivity contribution in [2.45, 2.75) is 38.1 Å². The van der Waals surface area contributed by atoms with Crippen molar-refractivity contribution in [2.24, 2.45) is 0 Å². The molecule has 0 spiro atoms. The van der Waals surface area contributed by atoms with Crippen molar-refractivity contribution >= 4 is 43.4 Å². The maximum Gasteiger partial charge on any atom is 0.243 e. The van der Waals surface area contributed by atoms with E-state index in [1.807, 2.05) is 0 Å². The number of rotatable bonds is 6. The van der Waals surface area contributed by atoms with E-state index in [9.17, 15) is 26.4 Å². The number of carbonyl (C=O) groups is 2. The monoisotopic (exact) mass is 456 g/mol. The zero-order valence-corrected chi connectivity index (χ0v) is 18.0. The van der Waals surface area contributed by atoms with Crippen LogP contribution in [0.15, 0.2) is 33.7 Å². The first-order valence-electron chi connectivity index (χ1n) is 8.84. The Morgan fingerprint density at radius 2 is 1.97 bits per heavy atom. The number of anilines is 2. The van der Waals surface area contributed by atoms with Crippen molar-refractivity contribution in [2.75, 3.05) is 15.4 Å². The van der Waals surface area contributed by atoms with Gasteiger partial charge in [0.25, 0.3) is 0 Å². The van der Waals surface area contributed by atoms with Gasteiger partial charge in [-0.25, -0.2) is 21.1 Å². The third-order valence-electron chi connectivity index (χ3n) is 4.37. The lowest BCUT2D eigenvalue weighted by Gasteiger charge is -2.18. The normalized spacial score (nSPS) is 17.2. The van der Waals surface area contributed by atoms with Gasteiger partial charge in [-0.3, -0.25) is 9.59 Å². The molecular weight excluding hydrogens is 436 g/mol. The third-order valence-corrected chi connectivity index (χ3v) is 7.76. The number of sulfonamides is 2. The largest absolute Gasteiger partial charge is 0.360 e. The summed E-state index contributed by atoms with van der Waals surface area (Å²) >= 11 is 0. The topological polar surface area (TPSA) is 156 Å². The molecule has 1 aromatic heterocycles. The van der Waals surface area contributed by atoms with Gasteiger partial charge >= 0.3 is 0 Å². The van der Waals surface area contributed by atoms with Crippen LogP contribution >= 0.6 is 0 Å². The second-order valence-electron chi connectivity index (χ2n) is 6.83. The van der Waals surface area contributed by atoms with Crippen LogP contribution in [0.2, 0.25) is 0 Å². The van der Waals surface area contributed by atoms with Crippen molar-refractivity contribution in [1.29, 1.82) is 0 Å². The fraction of sp³-hybridized carbons (Fsp3) is 0.353. The van der Waals surface area contributed by atoms with Gasteiger partial charge in [-0.15, -0.1) is 0 Å². The molecule has 1 aliphatic rings. The Morgan fingerprint density at radius 1 is 1.27 bits per heavy atom. The summed E-state index contributed by atoms with van der Waals surface area (Å²) in [6, 6.07) is 4.09. The number of benzene rings is 1. The lowest BCUT2D eigenvalue weighted by atomic mass is 10.2. The molecule has 1 fully saturated rings. The number of hydrogen-bond acceptors (Lipinski definition) is 8. The molecule has 3 rings (SSSR count). The summed E-state index contributed by atoms with van der Waals surface area (Å²) in [5.41, 5.74) is 0.288. The van der Waals surface area contributed by atoms with Gasteiger partial charge in [0.15, 0.2) is 5.82 Å². The molecule has 1 aromatic carbocycles. The van der Waals surface area contributed by atoms with Crippen molar-refractivity contribution in [3.63, 3.8) is 0 Å². The highest BCUT2D eigenvalue weighted by Gasteiger charge is 2.36. The molecule has 0 aliphatic carbocycles. The van der Waals surface area contributed by atoms with Crippen LogP contribution in [0.4, 0.5) is 11.5 Å². The van der Waals surface area contributed by atoms with Gasteiger partial charge in [-0.1, -0.05) is 5.16 Å². The van der Waals surface area contributed by atoms with Crippen LogP contribution in [-0.4, -0.2) is 45.6 Å². The maximum absolute atomic E-state index is 12.7. The second-order valence-corrected chi connectivity index (χ2v) is 10.4. The Morgan fingerprint density at radius 3 is 2.50 bits per heavy atom. The highest BCUT2D eigenvalue weighted by atomic mass is 32.2. The molecule has 162 valence electrons. The number of amides is 2. The Labute approximate surface area is 173 Å². The van der Waals surface area contributed by atoms with Gasteiger partial charge in [0.1, 0.15) is 5.76 Å². The fourth-order valence-electron chi connectivity index (χ4n) is 2.94. The molecule has 13 heteroatoms. The fourth-order valence-corrected chi connectivity index (χ4v) is 5.82. The van der Waals surface area contributed by atoms with Crippen molar-refractivity contribution < 1.29 is 30.9 Å². The van der Waals surface area contributed by atoms with Crippen LogP contribution in [0.25, 0.3) is 0 Å². The summed E-state index contributed by atoms with van der Waals surface area (Å²) in [6.45, 7) is 4.47. The molecule has 1 saturated heterocycles. The molecule has 1 atom stereocenters. The van der Waals surface area contributed by atoms with Crippen LogP contribution in [0, 0.1) is 13.8 Å². The zero-order chi connectivity index (χ0) is 22.3. The minimum Gasteiger partial charge on any atom is -0.360 e. The average Bonchev–Trinajstić information content (AvgIpc) is 3.15. The molecule has 2 amide bonds. The lowest BCUT2D eigenvalue weighted by molar-refractivity contribution is -0.117. The lowest BCUT2D eigenvalue weighted by Crippen LogP contribution is -2.41. The molecule has 2 heterocycles. The van der Waals surface area contributed by atoms with Gasteiger partial charge in [0.2, 0.25) is 31.9 Å². The molecule has 0 radical (unpaired) electrons. The molecule has 0 unspecified atom stereocenters. The van der Waals surface area contributed by atoms with Gasteiger partial charge in [-0.05, 0) is 44.5 Å². The molecule has 0 saturated carbocycles. The van der Waals surface area contributed by atoms with E-state index in [1.165, 1.54) is 38.1 Å². The van der Waals surface area contributed by atoms with Crippen LogP contribution in [0.5, 0.6) is 0 Å². The Hall–Kier alpha value is -2.77. The minimum atomic E-state index is -4.11. The summed E-state index contributed by atoms with van der Waals surface area (Å²) in [5.74, 6) is -0.871. The van der Waals surface area contributed by atoms with E-state index in [0.717, 1.165) is 0 Å². The number of aryl methyl sites for hydroxylation is 2. The van der Waals surface area contributed by atoms with Crippen molar-refractivity contribution in [3.05, 3.63) is 35.6 Å². The Bertz CT molecular complexity index is 1220. The van der Waals surface area contributed by atoms with Crippen LogP contribution in [0.1, 0.15) is 24.7 Å². The summed E-state index contributed by atoms with van der Waals surface area (Å²) in [7, 11) is -7.87. The van der Waals surface area contributed by atoms with E-state index in [1.54, 1.807) is 6.92 Å². The molecule has 2 aromatic rings. The average molecular weight is 457 g/mol. The van der Waals surface area contributed by atoms with E-state index in [-0.39, 0.29) is 34.1 Å². The van der Waals surface area contributed by atoms with E-state index in [0.29, 0.717) is 10.1 Å². The van der Waals surface area contributed by atoms with E-state index in [4.69, 9.17) is 4.52 Å². The third kappa shape index (κ3) is 4.37. The first-order chi connectivity index (χ1) is 13.9. The highest BCUT2D eigenvalue weighted by molar-refractivity contribution is 7.94. The predicted molar refractivity (Wildman–Crippen MR) is 107 cm³/mol. The summed E-state index contributed by atoms with van der Waals surface area (Å²) in [6.07, 6.45) is -0.124. The van der Waals surface area contributed by atoms with Gasteiger partial charge < -0.3 is 9.84 Å². The van der Waals surface area contributed by atoms with Crippen molar-refractivity contribution in [1.82, 2.24) is 9.88 Å². The predicted octanol–water partition coefficient (Wildman–Crippen LogP) is 0.663. The Kier molecular flexibility index (Phi) is 5.71. The van der Waals surface area contributed by atoms with Gasteiger partial charge in [0.05, 0.1) is 22.4 Å². The molecule has 11 nitrogen and oxygen atoms in total. The number of nitrogens with zero attached hydrogens (tertiary/aromatic N) is 2. The molecule has 30 heavy (non-hydrogen) atoms. The highest BCUT2D eigenvalue weighted by Crippen LogP contribution is 2.28. The van der Waals surface area contributed by atoms with Crippen LogP contribution in [0.3, 0.4) is 0 Å². The SMILES string of the molecule is Cc1cc(NC(=O)[C@H](C)NS(=O)(=O)c2ccc(N3C(=O)CCS3(=O)=O)cc2C)no1. The standard InChI is InChI=1S/C17H20N4O7S2/c1-10-8-13(21-16(22)6-7-29(21,24)25)4-5-14(10)30(26,27)20-12(3)17(23)18-15-9-11(2)28-19-15/h4-5,8-9,12,20H,6-7H2,1-3H3,(H,18,19,23)/t12-/m0/s1. The minimum absolute atomic E-state index is 0.0705.